The van der Waals surface area contributed by atoms with Crippen LogP contribution >= 0.6 is 11.6 Å². The molecule has 8 rings (SSSR count). The molecule has 1 aliphatic rings. The fourth-order valence-electron chi connectivity index (χ4n) is 7.38. The Morgan fingerprint density at radius 1 is 0.967 bits per heavy atom. The van der Waals surface area contributed by atoms with Crippen molar-refractivity contribution in [3.63, 3.8) is 0 Å². The number of carbonyl (C=O) groups excluding carboxylic acids is 2. The second-order valence-electron chi connectivity index (χ2n) is 14.3. The fraction of sp³-hybridized carbons (Fsp3) is 0.262. The van der Waals surface area contributed by atoms with Gasteiger partial charge in [0.2, 0.25) is 11.7 Å². The molecule has 3 aromatic carbocycles. The smallest absolute Gasteiger partial charge is 0.416 e. The van der Waals surface area contributed by atoms with Crippen LogP contribution < -0.4 is 20.5 Å². The molecule has 0 radical (unpaired) electrons. The summed E-state index contributed by atoms with van der Waals surface area (Å²) in [6.45, 7) is 4.38. The van der Waals surface area contributed by atoms with Crippen molar-refractivity contribution < 1.29 is 27.5 Å². The van der Waals surface area contributed by atoms with E-state index >= 15 is 0 Å². The monoisotopic (exact) mass is 838 g/mol. The number of benzene rings is 3. The van der Waals surface area contributed by atoms with Gasteiger partial charge in [0.05, 0.1) is 27.7 Å². The van der Waals surface area contributed by atoms with E-state index in [1.165, 1.54) is 6.33 Å². The van der Waals surface area contributed by atoms with Crippen LogP contribution in [0.5, 0.6) is 5.75 Å². The van der Waals surface area contributed by atoms with Crippen molar-refractivity contribution in [3.8, 4) is 17.1 Å². The third-order valence-corrected chi connectivity index (χ3v) is 10.8. The number of fused-ring (bicyclic) bond motifs is 2. The minimum Gasteiger partial charge on any atom is -0.485 e. The number of amides is 2. The molecule has 0 spiro atoms. The topological polar surface area (TPSA) is 145 Å². The van der Waals surface area contributed by atoms with Crippen LogP contribution in [0.25, 0.3) is 28.1 Å². The van der Waals surface area contributed by atoms with Crippen LogP contribution in [0.2, 0.25) is 5.02 Å². The number of hydrogen-bond acceptors (Lipinski definition) is 9. The summed E-state index contributed by atoms with van der Waals surface area (Å²) in [5.41, 5.74) is 2.43. The van der Waals surface area contributed by atoms with Crippen molar-refractivity contribution in [1.82, 2.24) is 38.6 Å². The van der Waals surface area contributed by atoms with Crippen molar-refractivity contribution in [2.45, 2.75) is 39.6 Å². The SMILES string of the molecule is CCc1c(N2CCN(C(=O)c3ncnc(C)c3OCc3ccccc3)CC2)c(=O)n2nc(-c3ccc4ccn(C)c4c3)nc2n1CC(=O)Nc1ccc(C(F)(F)F)cc1Cl. The number of aryl methyl sites for hydroxylation is 2. The molecule has 0 bridgehead atoms. The number of alkyl halides is 3. The van der Waals surface area contributed by atoms with Gasteiger partial charge in [-0.3, -0.25) is 14.4 Å². The lowest BCUT2D eigenvalue weighted by atomic mass is 10.1. The van der Waals surface area contributed by atoms with Gasteiger partial charge in [0.15, 0.2) is 17.3 Å². The zero-order chi connectivity index (χ0) is 42.3. The number of nitrogens with one attached hydrogen (secondary N) is 1. The van der Waals surface area contributed by atoms with E-state index in [9.17, 15) is 27.6 Å². The van der Waals surface area contributed by atoms with Gasteiger partial charge >= 0.3 is 6.18 Å². The Hall–Kier alpha value is -6.75. The third kappa shape index (κ3) is 7.75. The maximum Gasteiger partial charge on any atom is 0.416 e. The molecule has 0 aliphatic carbocycles. The molecule has 18 heteroatoms. The highest BCUT2D eigenvalue weighted by atomic mass is 35.5. The highest BCUT2D eigenvalue weighted by Crippen LogP contribution is 2.34. The summed E-state index contributed by atoms with van der Waals surface area (Å²) < 4.78 is 50.8. The molecular weight excluding hydrogens is 801 g/mol. The van der Waals surface area contributed by atoms with Crippen LogP contribution in [0.4, 0.5) is 24.5 Å². The zero-order valence-corrected chi connectivity index (χ0v) is 33.5. The van der Waals surface area contributed by atoms with Crippen LogP contribution in [0, 0.1) is 6.92 Å². The molecule has 14 nitrogen and oxygen atoms in total. The van der Waals surface area contributed by atoms with Gasteiger partial charge < -0.3 is 29.0 Å². The second-order valence-corrected chi connectivity index (χ2v) is 14.7. The number of aromatic nitrogens is 7. The molecule has 7 aromatic rings. The van der Waals surface area contributed by atoms with Gasteiger partial charge in [-0.15, -0.1) is 5.10 Å². The van der Waals surface area contributed by atoms with Crippen molar-refractivity contribution >= 4 is 51.5 Å². The first-order valence-corrected chi connectivity index (χ1v) is 19.5. The first-order valence-electron chi connectivity index (χ1n) is 19.1. The summed E-state index contributed by atoms with van der Waals surface area (Å²) in [5.74, 6) is -0.345. The predicted octanol–water partition coefficient (Wildman–Crippen LogP) is 6.56. The second kappa shape index (κ2) is 16.1. The summed E-state index contributed by atoms with van der Waals surface area (Å²) in [7, 11) is 1.91. The van der Waals surface area contributed by atoms with E-state index < -0.39 is 23.2 Å². The maximum atomic E-state index is 14.5. The molecule has 60 heavy (non-hydrogen) atoms. The van der Waals surface area contributed by atoms with Crippen LogP contribution in [0.1, 0.15) is 39.9 Å². The normalized spacial score (nSPS) is 13.3. The minimum absolute atomic E-state index is 0.0173. The van der Waals surface area contributed by atoms with E-state index in [1.54, 1.807) is 16.4 Å². The molecule has 0 unspecified atom stereocenters. The summed E-state index contributed by atoms with van der Waals surface area (Å²) in [6, 6.07) is 19.9. The molecular formula is C42H38ClF3N10O4. The van der Waals surface area contributed by atoms with Gasteiger partial charge in [-0.25, -0.2) is 9.97 Å². The summed E-state index contributed by atoms with van der Waals surface area (Å²) >= 11 is 6.19. The molecule has 1 fully saturated rings. The van der Waals surface area contributed by atoms with E-state index in [4.69, 9.17) is 21.3 Å². The molecule has 5 heterocycles. The van der Waals surface area contributed by atoms with Crippen LogP contribution in [-0.2, 0) is 37.6 Å². The molecule has 0 saturated carbocycles. The highest BCUT2D eigenvalue weighted by Gasteiger charge is 2.33. The van der Waals surface area contributed by atoms with Crippen molar-refractivity contribution in [2.75, 3.05) is 36.4 Å². The van der Waals surface area contributed by atoms with Crippen molar-refractivity contribution in [3.05, 3.63) is 129 Å². The molecule has 1 aliphatic heterocycles. The van der Waals surface area contributed by atoms with Gasteiger partial charge in [-0.1, -0.05) is 61.0 Å². The van der Waals surface area contributed by atoms with E-state index in [2.05, 4.69) is 20.4 Å². The first kappa shape index (κ1) is 40.0. The molecule has 1 N–H and O–H groups in total. The van der Waals surface area contributed by atoms with Crippen molar-refractivity contribution in [1.29, 1.82) is 0 Å². The lowest BCUT2D eigenvalue weighted by Crippen LogP contribution is -2.51. The maximum absolute atomic E-state index is 14.5. The summed E-state index contributed by atoms with van der Waals surface area (Å²) in [4.78, 5) is 59.1. The Kier molecular flexibility index (Phi) is 10.8. The number of nitrogens with zero attached hydrogens (tertiary/aromatic N) is 9. The number of rotatable bonds is 10. The molecule has 308 valence electrons. The van der Waals surface area contributed by atoms with Crippen LogP contribution in [-0.4, -0.2) is 76.6 Å². The van der Waals surface area contributed by atoms with E-state index in [0.29, 0.717) is 22.7 Å². The van der Waals surface area contributed by atoms with Crippen molar-refractivity contribution in [2.24, 2.45) is 7.05 Å². The number of hydrogen-bond donors (Lipinski definition) is 1. The Morgan fingerprint density at radius 2 is 1.73 bits per heavy atom. The summed E-state index contributed by atoms with van der Waals surface area (Å²) in [6.07, 6.45) is -1.08. The minimum atomic E-state index is -4.62. The average Bonchev–Trinajstić information content (AvgIpc) is 3.86. The van der Waals surface area contributed by atoms with E-state index in [1.807, 2.05) is 84.2 Å². The third-order valence-electron chi connectivity index (χ3n) is 10.5. The van der Waals surface area contributed by atoms with E-state index in [-0.39, 0.29) is 85.4 Å². The largest absolute Gasteiger partial charge is 0.485 e. The first-order chi connectivity index (χ1) is 28.8. The predicted molar refractivity (Wildman–Crippen MR) is 219 cm³/mol. The number of halogens is 4. The zero-order valence-electron chi connectivity index (χ0n) is 32.7. The Bertz CT molecular complexity index is 2830. The quantitative estimate of drug-likeness (QED) is 0.162. The molecule has 4 aromatic heterocycles. The van der Waals surface area contributed by atoms with Gasteiger partial charge in [0, 0.05) is 50.5 Å². The number of ether oxygens (including phenoxy) is 1. The molecule has 0 atom stereocenters. The van der Waals surface area contributed by atoms with Gasteiger partial charge in [0.25, 0.3) is 11.5 Å². The lowest BCUT2D eigenvalue weighted by Gasteiger charge is -2.36. The average molecular weight is 839 g/mol. The summed E-state index contributed by atoms with van der Waals surface area (Å²) in [5, 5.41) is 7.98. The van der Waals surface area contributed by atoms with Gasteiger partial charge in [-0.2, -0.15) is 22.7 Å². The standard InChI is InChI=1S/C42H38ClF3N10O4/c1-4-32-36(53-16-18-54(19-17-53)39(58)35-37(25(2)47-24-48-35)60-23-26-8-6-5-7-9-26)40(59)56-41(50-38(51-56)28-11-10-27-14-15-52(3)33(27)20-28)55(32)22-34(57)49-31-13-12-29(21-30(31)43)42(44,45)46/h5-15,20-21,24H,4,16-19,22-23H2,1-3H3,(H,49,57). The van der Waals surface area contributed by atoms with Crippen LogP contribution in [0.3, 0.4) is 0 Å². The number of piperazine rings is 1. The van der Waals surface area contributed by atoms with E-state index in [0.717, 1.165) is 39.2 Å². The Morgan fingerprint density at radius 3 is 2.45 bits per heavy atom. The fourth-order valence-corrected chi connectivity index (χ4v) is 7.61. The van der Waals surface area contributed by atoms with Gasteiger partial charge in [-0.05, 0) is 54.6 Å². The Balaban J connectivity index is 1.12. The lowest BCUT2D eigenvalue weighted by molar-refractivity contribution is -0.137. The number of carbonyl (C=O) groups is 2. The Labute approximate surface area is 345 Å². The van der Waals surface area contributed by atoms with Gasteiger partial charge in [0.1, 0.15) is 25.2 Å². The molecule has 1 saturated heterocycles. The highest BCUT2D eigenvalue weighted by molar-refractivity contribution is 6.33. The molecule has 2 amide bonds. The van der Waals surface area contributed by atoms with Crippen LogP contribution in [0.15, 0.2) is 90.1 Å². The number of anilines is 2.